The molecule has 0 aliphatic rings. The predicted molar refractivity (Wildman–Crippen MR) is 73.6 cm³/mol. The summed E-state index contributed by atoms with van der Waals surface area (Å²) < 4.78 is 11.9. The highest BCUT2D eigenvalue weighted by molar-refractivity contribution is 5.86. The quantitative estimate of drug-likeness (QED) is 0.714. The maximum absolute atomic E-state index is 11.3. The van der Waals surface area contributed by atoms with Gasteiger partial charge in [-0.25, -0.2) is 4.79 Å². The van der Waals surface area contributed by atoms with E-state index in [1.807, 2.05) is 28.8 Å². The third kappa shape index (κ3) is 2.77. The van der Waals surface area contributed by atoms with Gasteiger partial charge >= 0.3 is 5.97 Å². The Kier molecular flexibility index (Phi) is 3.65. The molecule has 0 aliphatic heterocycles. The van der Waals surface area contributed by atoms with Crippen LogP contribution < -0.4 is 5.32 Å². The van der Waals surface area contributed by atoms with E-state index in [4.69, 9.17) is 4.42 Å². The van der Waals surface area contributed by atoms with Gasteiger partial charge in [0, 0.05) is 6.20 Å². The summed E-state index contributed by atoms with van der Waals surface area (Å²) in [6.45, 7) is 1.03. The standard InChI is InChI=1S/C14H14N4O3/c1-20-14(19)11-6-5-10(21-11)8-15-9-13-17-16-12-4-2-3-7-18(12)13/h2-7,15H,8-9H2,1H3. The summed E-state index contributed by atoms with van der Waals surface area (Å²) in [4.78, 5) is 11.3. The lowest BCUT2D eigenvalue weighted by atomic mass is 10.4. The second-order valence-electron chi connectivity index (χ2n) is 4.41. The number of fused-ring (bicyclic) bond motifs is 1. The molecule has 7 nitrogen and oxygen atoms in total. The Labute approximate surface area is 120 Å². The summed E-state index contributed by atoms with van der Waals surface area (Å²) in [5.74, 6) is 1.18. The molecular formula is C14H14N4O3. The van der Waals surface area contributed by atoms with Gasteiger partial charge in [0.05, 0.1) is 20.2 Å². The third-order valence-corrected chi connectivity index (χ3v) is 3.01. The first-order chi connectivity index (χ1) is 10.3. The third-order valence-electron chi connectivity index (χ3n) is 3.01. The van der Waals surface area contributed by atoms with Gasteiger partial charge in [0.25, 0.3) is 0 Å². The van der Waals surface area contributed by atoms with Crippen LogP contribution >= 0.6 is 0 Å². The number of rotatable bonds is 5. The SMILES string of the molecule is COC(=O)c1ccc(CNCc2nnc3ccccn23)o1. The summed E-state index contributed by atoms with van der Waals surface area (Å²) in [5, 5.41) is 11.4. The van der Waals surface area contributed by atoms with E-state index in [-0.39, 0.29) is 5.76 Å². The lowest BCUT2D eigenvalue weighted by Gasteiger charge is -2.01. The Bertz CT molecular complexity index is 762. The monoisotopic (exact) mass is 286 g/mol. The number of ether oxygens (including phenoxy) is 1. The molecule has 3 rings (SSSR count). The molecule has 0 aliphatic carbocycles. The maximum Gasteiger partial charge on any atom is 0.373 e. The van der Waals surface area contributed by atoms with Crippen LogP contribution in [-0.2, 0) is 17.8 Å². The fourth-order valence-corrected chi connectivity index (χ4v) is 1.99. The van der Waals surface area contributed by atoms with E-state index < -0.39 is 5.97 Å². The van der Waals surface area contributed by atoms with Gasteiger partial charge in [-0.05, 0) is 24.3 Å². The number of nitrogens with one attached hydrogen (secondary N) is 1. The number of pyridine rings is 1. The number of hydrogen-bond donors (Lipinski definition) is 1. The van der Waals surface area contributed by atoms with E-state index in [0.717, 1.165) is 11.5 Å². The van der Waals surface area contributed by atoms with Gasteiger partial charge in [0.15, 0.2) is 11.5 Å². The van der Waals surface area contributed by atoms with Crippen molar-refractivity contribution in [3.8, 4) is 0 Å². The summed E-state index contributed by atoms with van der Waals surface area (Å²) in [6.07, 6.45) is 1.91. The molecule has 0 saturated heterocycles. The zero-order valence-corrected chi connectivity index (χ0v) is 11.4. The van der Waals surface area contributed by atoms with Crippen molar-refractivity contribution in [3.63, 3.8) is 0 Å². The van der Waals surface area contributed by atoms with Gasteiger partial charge in [-0.1, -0.05) is 6.07 Å². The van der Waals surface area contributed by atoms with Gasteiger partial charge in [0.1, 0.15) is 5.76 Å². The molecule has 0 spiro atoms. The van der Waals surface area contributed by atoms with Crippen molar-refractivity contribution >= 4 is 11.6 Å². The number of hydrogen-bond acceptors (Lipinski definition) is 6. The van der Waals surface area contributed by atoms with Crippen molar-refractivity contribution in [2.24, 2.45) is 0 Å². The topological polar surface area (TPSA) is 81.7 Å². The molecule has 0 aromatic carbocycles. The minimum absolute atomic E-state index is 0.197. The molecule has 1 N–H and O–H groups in total. The van der Waals surface area contributed by atoms with Crippen LogP contribution in [0.15, 0.2) is 40.9 Å². The van der Waals surface area contributed by atoms with Crippen LogP contribution in [0.2, 0.25) is 0 Å². The fourth-order valence-electron chi connectivity index (χ4n) is 1.99. The highest BCUT2D eigenvalue weighted by Gasteiger charge is 2.11. The minimum Gasteiger partial charge on any atom is -0.463 e. The average molecular weight is 286 g/mol. The molecule has 3 aromatic rings. The largest absolute Gasteiger partial charge is 0.463 e. The molecule has 0 amide bonds. The van der Waals surface area contributed by atoms with Crippen LogP contribution in [0.3, 0.4) is 0 Å². The lowest BCUT2D eigenvalue weighted by Crippen LogP contribution is -2.14. The van der Waals surface area contributed by atoms with Crippen molar-refractivity contribution in [2.45, 2.75) is 13.1 Å². The molecule has 0 unspecified atom stereocenters. The van der Waals surface area contributed by atoms with Crippen LogP contribution in [-0.4, -0.2) is 27.7 Å². The molecule has 21 heavy (non-hydrogen) atoms. The minimum atomic E-state index is -0.482. The van der Waals surface area contributed by atoms with Gasteiger partial charge in [-0.15, -0.1) is 10.2 Å². The Morgan fingerprint density at radius 2 is 2.19 bits per heavy atom. The van der Waals surface area contributed by atoms with E-state index in [2.05, 4.69) is 20.3 Å². The van der Waals surface area contributed by atoms with E-state index in [1.165, 1.54) is 7.11 Å². The van der Waals surface area contributed by atoms with Crippen molar-refractivity contribution in [2.75, 3.05) is 7.11 Å². The first kappa shape index (κ1) is 13.3. The molecule has 0 radical (unpaired) electrons. The molecule has 3 heterocycles. The van der Waals surface area contributed by atoms with E-state index in [9.17, 15) is 4.79 Å². The first-order valence-electron chi connectivity index (χ1n) is 6.44. The fraction of sp³-hybridized carbons (Fsp3) is 0.214. The van der Waals surface area contributed by atoms with Crippen molar-refractivity contribution in [1.29, 1.82) is 0 Å². The highest BCUT2D eigenvalue weighted by atomic mass is 16.5. The molecule has 108 valence electrons. The number of esters is 1. The van der Waals surface area contributed by atoms with Crippen LogP contribution in [0.25, 0.3) is 5.65 Å². The lowest BCUT2D eigenvalue weighted by molar-refractivity contribution is 0.0563. The summed E-state index contributed by atoms with van der Waals surface area (Å²) in [6, 6.07) is 9.07. The number of methoxy groups -OCH3 is 1. The second-order valence-corrected chi connectivity index (χ2v) is 4.41. The van der Waals surface area contributed by atoms with Crippen molar-refractivity contribution < 1.29 is 13.9 Å². The van der Waals surface area contributed by atoms with Crippen LogP contribution in [0.1, 0.15) is 22.1 Å². The number of furan rings is 1. The normalized spacial score (nSPS) is 10.9. The van der Waals surface area contributed by atoms with Crippen LogP contribution in [0.5, 0.6) is 0 Å². The Hall–Kier alpha value is -2.67. The molecule has 0 fully saturated rings. The Morgan fingerprint density at radius 3 is 3.05 bits per heavy atom. The number of nitrogens with zero attached hydrogens (tertiary/aromatic N) is 3. The van der Waals surface area contributed by atoms with Crippen LogP contribution in [0, 0.1) is 0 Å². The average Bonchev–Trinajstić information content (AvgIpc) is 3.14. The summed E-state index contributed by atoms with van der Waals surface area (Å²) in [7, 11) is 1.32. The van der Waals surface area contributed by atoms with Crippen molar-refractivity contribution in [3.05, 3.63) is 53.9 Å². The van der Waals surface area contributed by atoms with E-state index in [1.54, 1.807) is 12.1 Å². The van der Waals surface area contributed by atoms with Crippen LogP contribution in [0.4, 0.5) is 0 Å². The van der Waals surface area contributed by atoms with Crippen molar-refractivity contribution in [1.82, 2.24) is 19.9 Å². The zero-order chi connectivity index (χ0) is 14.7. The van der Waals surface area contributed by atoms with Gasteiger partial charge in [-0.3, -0.25) is 4.40 Å². The van der Waals surface area contributed by atoms with Gasteiger partial charge in [-0.2, -0.15) is 0 Å². The number of carbonyl (C=O) groups excluding carboxylic acids is 1. The zero-order valence-electron chi connectivity index (χ0n) is 11.4. The number of aromatic nitrogens is 3. The molecular weight excluding hydrogens is 272 g/mol. The first-order valence-corrected chi connectivity index (χ1v) is 6.44. The summed E-state index contributed by atoms with van der Waals surface area (Å²) in [5.41, 5.74) is 0.806. The van der Waals surface area contributed by atoms with Gasteiger partial charge < -0.3 is 14.5 Å². The predicted octanol–water partition coefficient (Wildman–Crippen LogP) is 1.40. The number of carbonyl (C=O) groups is 1. The highest BCUT2D eigenvalue weighted by Crippen LogP contribution is 2.09. The van der Waals surface area contributed by atoms with E-state index in [0.29, 0.717) is 18.8 Å². The Balaban J connectivity index is 1.61. The second kappa shape index (κ2) is 5.76. The van der Waals surface area contributed by atoms with Gasteiger partial charge in [0.2, 0.25) is 5.76 Å². The molecule has 0 atom stereocenters. The smallest absolute Gasteiger partial charge is 0.373 e. The van der Waals surface area contributed by atoms with E-state index >= 15 is 0 Å². The molecule has 0 saturated carbocycles. The summed E-state index contributed by atoms with van der Waals surface area (Å²) >= 11 is 0. The molecule has 3 aromatic heterocycles. The Morgan fingerprint density at radius 1 is 1.29 bits per heavy atom. The maximum atomic E-state index is 11.3. The molecule has 0 bridgehead atoms. The molecule has 7 heteroatoms.